The Bertz CT molecular complexity index is 591. The molecule has 0 amide bonds. The summed E-state index contributed by atoms with van der Waals surface area (Å²) in [5.41, 5.74) is 5.00. The Morgan fingerprint density at radius 2 is 2.10 bits per heavy atom. The minimum absolute atomic E-state index is 0. The zero-order chi connectivity index (χ0) is 13.4. The molecule has 2 unspecified atom stereocenters. The van der Waals surface area contributed by atoms with Gasteiger partial charge in [-0.05, 0) is 60.6 Å². The average Bonchev–Trinajstić information content (AvgIpc) is 2.87. The van der Waals surface area contributed by atoms with Crippen LogP contribution >= 0.6 is 12.4 Å². The van der Waals surface area contributed by atoms with Crippen molar-refractivity contribution >= 4 is 12.4 Å². The van der Waals surface area contributed by atoms with Crippen molar-refractivity contribution in [1.29, 1.82) is 0 Å². The van der Waals surface area contributed by atoms with Crippen LogP contribution in [0.2, 0.25) is 0 Å². The fourth-order valence-electron chi connectivity index (χ4n) is 4.30. The number of imidazole rings is 1. The highest BCUT2D eigenvalue weighted by Gasteiger charge is 2.29. The quantitative estimate of drug-likeness (QED) is 0.805. The number of halogens is 1. The van der Waals surface area contributed by atoms with Crippen molar-refractivity contribution in [2.24, 2.45) is 5.92 Å². The summed E-state index contributed by atoms with van der Waals surface area (Å²) in [5.74, 6) is 1.58. The Kier molecular flexibility index (Phi) is 4.34. The Labute approximate surface area is 133 Å². The van der Waals surface area contributed by atoms with Crippen LogP contribution in [-0.4, -0.2) is 9.55 Å². The largest absolute Gasteiger partial charge is 0.337 e. The third-order valence-electron chi connectivity index (χ3n) is 5.10. The molecule has 2 aromatic rings. The zero-order valence-electron chi connectivity index (χ0n) is 12.4. The van der Waals surface area contributed by atoms with Crippen molar-refractivity contribution in [1.82, 2.24) is 9.55 Å². The summed E-state index contributed by atoms with van der Waals surface area (Å²) in [7, 11) is 0. The first kappa shape index (κ1) is 14.6. The maximum absolute atomic E-state index is 4.17. The van der Waals surface area contributed by atoms with Crippen molar-refractivity contribution in [3.63, 3.8) is 0 Å². The number of aromatic nitrogens is 2. The lowest BCUT2D eigenvalue weighted by Gasteiger charge is -2.32. The van der Waals surface area contributed by atoms with E-state index in [1.165, 1.54) is 38.5 Å². The summed E-state index contributed by atoms with van der Waals surface area (Å²) in [6, 6.07) is 7.01. The van der Waals surface area contributed by atoms with Crippen LogP contribution in [0.4, 0.5) is 0 Å². The predicted octanol–water partition coefficient (Wildman–Crippen LogP) is 4.38. The topological polar surface area (TPSA) is 17.8 Å². The third kappa shape index (κ3) is 2.87. The molecule has 0 radical (unpaired) electrons. The molecule has 0 fully saturated rings. The molecule has 0 bridgehead atoms. The highest BCUT2D eigenvalue weighted by atomic mass is 35.5. The molecule has 2 nitrogen and oxygen atoms in total. The van der Waals surface area contributed by atoms with Gasteiger partial charge in [-0.15, -0.1) is 12.4 Å². The van der Waals surface area contributed by atoms with E-state index in [-0.39, 0.29) is 12.4 Å². The standard InChI is InChI=1S/C18H22N2.ClH/c1-2-5-16-10-14(12-20-9-8-19-13-20)11-17-7-3-6-15(4-1)18(16)17;/h3,6-9,13-14,16H,1-2,4-5,10-12H2;1H. The van der Waals surface area contributed by atoms with Crippen LogP contribution in [-0.2, 0) is 19.4 Å². The molecule has 0 saturated heterocycles. The minimum atomic E-state index is 0. The van der Waals surface area contributed by atoms with Crippen LogP contribution in [0, 0.1) is 5.92 Å². The Hall–Kier alpha value is -1.28. The molecule has 2 atom stereocenters. The lowest BCUT2D eigenvalue weighted by molar-refractivity contribution is 0.345. The molecule has 0 N–H and O–H groups in total. The first-order valence-electron chi connectivity index (χ1n) is 7.96. The van der Waals surface area contributed by atoms with Gasteiger partial charge in [0.15, 0.2) is 0 Å². The maximum atomic E-state index is 4.17. The van der Waals surface area contributed by atoms with Crippen molar-refractivity contribution in [2.75, 3.05) is 0 Å². The van der Waals surface area contributed by atoms with Crippen LogP contribution in [0.3, 0.4) is 0 Å². The third-order valence-corrected chi connectivity index (χ3v) is 5.10. The second-order valence-electron chi connectivity index (χ2n) is 6.50. The summed E-state index contributed by atoms with van der Waals surface area (Å²) in [6.45, 7) is 1.13. The van der Waals surface area contributed by atoms with E-state index in [4.69, 9.17) is 0 Å². The van der Waals surface area contributed by atoms with E-state index in [1.54, 1.807) is 16.7 Å². The SMILES string of the molecule is Cl.c1cc2c3c(c1)CC(Cn1ccnc1)CC3CCCC2. The molecule has 0 spiro atoms. The number of hydrogen-bond donors (Lipinski definition) is 0. The first-order valence-corrected chi connectivity index (χ1v) is 7.96. The zero-order valence-corrected chi connectivity index (χ0v) is 13.2. The smallest absolute Gasteiger partial charge is 0.0945 e. The van der Waals surface area contributed by atoms with Gasteiger partial charge in [-0.25, -0.2) is 4.98 Å². The summed E-state index contributed by atoms with van der Waals surface area (Å²) in [4.78, 5) is 4.17. The van der Waals surface area contributed by atoms with Crippen LogP contribution in [0.5, 0.6) is 0 Å². The highest BCUT2D eigenvalue weighted by molar-refractivity contribution is 5.85. The van der Waals surface area contributed by atoms with E-state index < -0.39 is 0 Å². The van der Waals surface area contributed by atoms with Crippen molar-refractivity contribution in [3.05, 3.63) is 53.6 Å². The Morgan fingerprint density at radius 1 is 1.19 bits per heavy atom. The lowest BCUT2D eigenvalue weighted by Crippen LogP contribution is -2.23. The fourth-order valence-corrected chi connectivity index (χ4v) is 4.30. The number of hydrogen-bond acceptors (Lipinski definition) is 1. The normalized spacial score (nSPS) is 23.8. The molecular formula is C18H23ClN2. The molecule has 0 saturated carbocycles. The Balaban J connectivity index is 0.00000132. The van der Waals surface area contributed by atoms with Gasteiger partial charge < -0.3 is 4.57 Å². The molecule has 2 aliphatic carbocycles. The van der Waals surface area contributed by atoms with E-state index in [1.807, 2.05) is 12.5 Å². The number of benzene rings is 1. The second-order valence-corrected chi connectivity index (χ2v) is 6.50. The van der Waals surface area contributed by atoms with Crippen molar-refractivity contribution < 1.29 is 0 Å². The van der Waals surface area contributed by atoms with E-state index in [2.05, 4.69) is 33.9 Å². The van der Waals surface area contributed by atoms with Crippen molar-refractivity contribution in [2.45, 2.75) is 51.0 Å². The lowest BCUT2D eigenvalue weighted by atomic mass is 9.74. The molecule has 1 heterocycles. The van der Waals surface area contributed by atoms with Crippen LogP contribution < -0.4 is 0 Å². The molecule has 1 aromatic carbocycles. The molecule has 1 aromatic heterocycles. The molecule has 21 heavy (non-hydrogen) atoms. The maximum Gasteiger partial charge on any atom is 0.0945 e. The average molecular weight is 303 g/mol. The molecule has 3 heteroatoms. The van der Waals surface area contributed by atoms with Crippen LogP contribution in [0.1, 0.15) is 48.3 Å². The van der Waals surface area contributed by atoms with E-state index in [0.717, 1.165) is 18.4 Å². The van der Waals surface area contributed by atoms with Gasteiger partial charge in [0.05, 0.1) is 6.33 Å². The predicted molar refractivity (Wildman–Crippen MR) is 88.0 cm³/mol. The van der Waals surface area contributed by atoms with Gasteiger partial charge in [-0.3, -0.25) is 0 Å². The van der Waals surface area contributed by atoms with Gasteiger partial charge in [0.1, 0.15) is 0 Å². The van der Waals surface area contributed by atoms with Gasteiger partial charge >= 0.3 is 0 Å². The van der Waals surface area contributed by atoms with E-state index >= 15 is 0 Å². The summed E-state index contributed by atoms with van der Waals surface area (Å²) >= 11 is 0. The summed E-state index contributed by atoms with van der Waals surface area (Å²) in [6.07, 6.45) is 14.0. The number of aryl methyl sites for hydroxylation is 1. The first-order chi connectivity index (χ1) is 9.90. The van der Waals surface area contributed by atoms with Crippen molar-refractivity contribution in [3.8, 4) is 0 Å². The minimum Gasteiger partial charge on any atom is -0.337 e. The molecule has 2 aliphatic rings. The van der Waals surface area contributed by atoms with E-state index in [0.29, 0.717) is 0 Å². The Morgan fingerprint density at radius 3 is 2.95 bits per heavy atom. The van der Waals surface area contributed by atoms with Crippen LogP contribution in [0.15, 0.2) is 36.9 Å². The van der Waals surface area contributed by atoms with Crippen LogP contribution in [0.25, 0.3) is 0 Å². The molecule has 112 valence electrons. The van der Waals surface area contributed by atoms with E-state index in [9.17, 15) is 0 Å². The number of rotatable bonds is 2. The van der Waals surface area contributed by atoms with Gasteiger partial charge in [-0.1, -0.05) is 24.6 Å². The summed E-state index contributed by atoms with van der Waals surface area (Å²) in [5, 5.41) is 0. The summed E-state index contributed by atoms with van der Waals surface area (Å²) < 4.78 is 2.25. The molecule has 4 rings (SSSR count). The number of nitrogens with zero attached hydrogens (tertiary/aromatic N) is 2. The van der Waals surface area contributed by atoms with Gasteiger partial charge in [0.2, 0.25) is 0 Å². The molecular weight excluding hydrogens is 280 g/mol. The van der Waals surface area contributed by atoms with Gasteiger partial charge in [0, 0.05) is 18.9 Å². The van der Waals surface area contributed by atoms with Gasteiger partial charge in [0.25, 0.3) is 0 Å². The fraction of sp³-hybridized carbons (Fsp3) is 0.500. The highest BCUT2D eigenvalue weighted by Crippen LogP contribution is 2.42. The molecule has 0 aliphatic heterocycles. The monoisotopic (exact) mass is 302 g/mol. The van der Waals surface area contributed by atoms with Gasteiger partial charge in [-0.2, -0.15) is 0 Å². The second kappa shape index (κ2) is 6.23.